The maximum atomic E-state index is 13.6. The number of halogens is 3. The van der Waals surface area contributed by atoms with Gasteiger partial charge in [-0.3, -0.25) is 30.3 Å². The molecule has 7 aromatic carbocycles. The van der Waals surface area contributed by atoms with E-state index in [1.165, 1.54) is 32.6 Å². The molecule has 1 amide bonds. The Balaban J connectivity index is 0.000000116. The fraction of sp³-hybridized carbons (Fsp3) is 0.333. The minimum atomic E-state index is -3.45. The maximum absolute atomic E-state index is 13.6. The van der Waals surface area contributed by atoms with Crippen LogP contribution in [0, 0.1) is 5.82 Å². The summed E-state index contributed by atoms with van der Waals surface area (Å²) < 4.78 is 97.2. The number of anilines is 4. The van der Waals surface area contributed by atoms with Crippen LogP contribution in [0.3, 0.4) is 0 Å². The number of hydrogen-bond acceptors (Lipinski definition) is 17. The Morgan fingerprint density at radius 3 is 1.49 bits per heavy atom. The smallest absolute Gasteiger partial charge is 0.243 e. The van der Waals surface area contributed by atoms with Crippen LogP contribution >= 0.6 is 23.2 Å². The Kier molecular flexibility index (Phi) is 22.7. The van der Waals surface area contributed by atoms with Crippen molar-refractivity contribution >= 4 is 136 Å². The summed E-state index contributed by atoms with van der Waals surface area (Å²) in [6.07, 6.45) is 14.2. The molecule has 0 radical (unpaired) electrons. The van der Waals surface area contributed by atoms with E-state index in [9.17, 15) is 34.4 Å². The first kappa shape index (κ1) is 72.9. The van der Waals surface area contributed by atoms with Gasteiger partial charge in [-0.1, -0.05) is 83.9 Å². The zero-order valence-electron chi connectivity index (χ0n) is 57.4. The Bertz CT molecular complexity index is 5270. The highest BCUT2D eigenvalue weighted by Crippen LogP contribution is 2.36. The second-order valence-electron chi connectivity index (χ2n) is 26.0. The van der Waals surface area contributed by atoms with Crippen LogP contribution < -0.4 is 24.8 Å². The number of H-pyrrole nitrogens is 5. The number of sulfonamides is 3. The summed E-state index contributed by atoms with van der Waals surface area (Å²) in [7, 11) is -9.60. The van der Waals surface area contributed by atoms with Crippen molar-refractivity contribution in [1.82, 2.24) is 68.8 Å². The van der Waals surface area contributed by atoms with Gasteiger partial charge in [0.25, 0.3) is 0 Å². The summed E-state index contributed by atoms with van der Waals surface area (Å²) in [4.78, 5) is 19.9. The molecular weight excluding hydrogens is 1430 g/mol. The summed E-state index contributed by atoms with van der Waals surface area (Å²) in [6.45, 7) is 10.8. The first-order chi connectivity index (χ1) is 50.2. The number of piperazine rings is 3. The molecule has 32 heteroatoms. The first-order valence-corrected chi connectivity index (χ1v) is 39.9. The molecule has 6 N–H and O–H groups in total. The molecule has 1 saturated carbocycles. The summed E-state index contributed by atoms with van der Waals surface area (Å²) in [5.74, 6) is 0.613. The van der Waals surface area contributed by atoms with Crippen molar-refractivity contribution in [3.05, 3.63) is 186 Å². The maximum Gasteiger partial charge on any atom is 0.243 e. The number of aromatic amines is 5. The first-order valence-electron chi connectivity index (χ1n) is 34.4. The fourth-order valence-corrected chi connectivity index (χ4v) is 17.9. The van der Waals surface area contributed by atoms with Gasteiger partial charge in [-0.05, 0) is 110 Å². The van der Waals surface area contributed by atoms with E-state index in [4.69, 9.17) is 27.9 Å². The molecule has 104 heavy (non-hydrogen) atoms. The van der Waals surface area contributed by atoms with Gasteiger partial charge >= 0.3 is 0 Å². The number of amides is 1. The number of carbonyl (C=O) groups is 1. The molecule has 4 saturated heterocycles. The highest BCUT2D eigenvalue weighted by molar-refractivity contribution is 7.90. The van der Waals surface area contributed by atoms with Crippen LogP contribution in [0.15, 0.2) is 169 Å². The predicted octanol–water partition coefficient (Wildman–Crippen LogP) is 10.5. The number of rotatable bonds is 14. The van der Waals surface area contributed by atoms with Crippen molar-refractivity contribution in [1.29, 1.82) is 0 Å². The van der Waals surface area contributed by atoms with E-state index in [2.05, 4.69) is 101 Å². The van der Waals surface area contributed by atoms with Crippen LogP contribution in [-0.2, 0) is 41.3 Å². The van der Waals surface area contributed by atoms with Crippen LogP contribution in [-0.4, -0.2) is 216 Å². The minimum absolute atomic E-state index is 0.0495. The van der Waals surface area contributed by atoms with Gasteiger partial charge in [-0.2, -0.15) is 34.1 Å². The Labute approximate surface area is 611 Å². The van der Waals surface area contributed by atoms with Gasteiger partial charge in [0.2, 0.25) is 36.0 Å². The molecule has 0 unspecified atom stereocenters. The van der Waals surface area contributed by atoms with Crippen molar-refractivity contribution in [2.45, 2.75) is 55.3 Å². The number of carbonyl (C=O) groups excluding carboxylic acids is 1. The van der Waals surface area contributed by atoms with Gasteiger partial charge in [0.15, 0.2) is 0 Å². The standard InChI is InChI=1S/C17H17ClN4O2S.C15H15N3.C14H17ClN4O2S.C13H15FN4O.C13H17N3O3S/c18-13-10-16-15(12-19-20-16)17(11-13)21-6-8-22(9-7-21)25(23,24)14-4-2-1-3-5-14;1-2-5-12(6-3-1)9-10-16-14-7-4-8-15-13(14)11-17-18-15;15-10-7-13-12(9-16-17-13)14(8-10)18-3-5-19(6-4-18)22(20,21)11-1-2-11;1-9(19)17-2-4-18(5-3-17)13-7-10(14)6-12-11(13)8-15-16-12;1-20(17,18)16-7-5-10(6-8-16)19-13-4-2-3-12-11(13)9-14-15-12/h1-5,10-12H,6-9H2,(H,19,20);1-8,11,16H,9-10H2,(H,17,18);7-9,11H,1-6H2,(H,16,17);6-8H,2-5H2,1H3,(H,15,16);2-4,9-10H,5-8H2,1H3,(H,14,15). The third-order valence-corrected chi connectivity index (χ3v) is 25.1. The number of benzene rings is 7. The molecule has 5 aliphatic rings. The van der Waals surface area contributed by atoms with E-state index < -0.39 is 30.1 Å². The molecule has 0 atom stereocenters. The van der Waals surface area contributed by atoms with Gasteiger partial charge in [0, 0.05) is 154 Å². The SMILES string of the molecule is CC(=O)N1CCN(c2cc(F)cc3[nH]ncc23)CC1.CS(=O)(=O)N1CCC(Oc2cccc3[nH]ncc23)CC1.O=S(=O)(C1CC1)N1CCN(c2cc(Cl)cc3[nH]ncc23)CC1.O=S(=O)(c1ccccc1)N1CCN(c2cc(Cl)cc3[nH]ncc23)CC1.c1ccc(CCNc2cccc3[nH]ncc23)cc1. The number of fused-ring (bicyclic) bond motifs is 5. The molecule has 1 aliphatic carbocycles. The summed E-state index contributed by atoms with van der Waals surface area (Å²) in [5, 5.41) is 44.3. The zero-order chi connectivity index (χ0) is 72.5. The molecule has 17 rings (SSSR count). The second kappa shape index (κ2) is 32.3. The van der Waals surface area contributed by atoms with Gasteiger partial charge in [-0.25, -0.2) is 33.9 Å². The lowest BCUT2D eigenvalue weighted by molar-refractivity contribution is -0.129. The van der Waals surface area contributed by atoms with Gasteiger partial charge in [0.05, 0.1) is 86.0 Å². The normalized spacial score (nSPS) is 16.7. The van der Waals surface area contributed by atoms with Crippen molar-refractivity contribution in [2.24, 2.45) is 0 Å². The molecule has 5 aromatic heterocycles. The lowest BCUT2D eigenvalue weighted by Crippen LogP contribution is -2.49. The molecule has 5 fully saturated rings. The van der Waals surface area contributed by atoms with Gasteiger partial charge < -0.3 is 29.7 Å². The van der Waals surface area contributed by atoms with E-state index >= 15 is 0 Å². The van der Waals surface area contributed by atoms with E-state index in [0.717, 1.165) is 103 Å². The zero-order valence-corrected chi connectivity index (χ0v) is 61.3. The molecule has 0 spiro atoms. The average molecular weight is 1510 g/mol. The molecule has 12 aromatic rings. The summed E-state index contributed by atoms with van der Waals surface area (Å²) >= 11 is 12.4. The quantitative estimate of drug-likeness (QED) is 0.0589. The Hall–Kier alpha value is -9.40. The monoisotopic (exact) mass is 1510 g/mol. The number of nitrogens with one attached hydrogen (secondary N) is 6. The number of ether oxygens (including phenoxy) is 1. The van der Waals surface area contributed by atoms with E-state index in [0.29, 0.717) is 125 Å². The number of aromatic nitrogens is 10. The molecule has 546 valence electrons. The number of piperidine rings is 1. The van der Waals surface area contributed by atoms with Crippen molar-refractivity contribution < 1.29 is 39.2 Å². The molecule has 4 aliphatic heterocycles. The lowest BCUT2D eigenvalue weighted by atomic mass is 10.1. The molecule has 0 bridgehead atoms. The van der Waals surface area contributed by atoms with Crippen molar-refractivity contribution in [3.63, 3.8) is 0 Å². The van der Waals surface area contributed by atoms with Crippen molar-refractivity contribution in [3.8, 4) is 5.75 Å². The minimum Gasteiger partial charge on any atom is -0.490 e. The average Bonchev–Trinajstić information content (AvgIpc) is 1.75. The second-order valence-corrected chi connectivity index (χ2v) is 33.0. The van der Waals surface area contributed by atoms with Crippen LogP contribution in [0.4, 0.5) is 27.1 Å². The predicted molar refractivity (Wildman–Crippen MR) is 407 cm³/mol. The van der Waals surface area contributed by atoms with E-state index in [1.807, 2.05) is 77.8 Å². The highest BCUT2D eigenvalue weighted by Gasteiger charge is 2.41. The van der Waals surface area contributed by atoms with Crippen LogP contribution in [0.5, 0.6) is 5.75 Å². The lowest BCUT2D eigenvalue weighted by Gasteiger charge is -2.35. The third kappa shape index (κ3) is 17.4. The number of hydrogen-bond donors (Lipinski definition) is 6. The number of nitrogens with zero attached hydrogens (tertiary/aromatic N) is 12. The van der Waals surface area contributed by atoms with Gasteiger partial charge in [-0.15, -0.1) is 0 Å². The Morgan fingerprint density at radius 2 is 0.962 bits per heavy atom. The molecular formula is C72H81Cl2FN18O8S3. The summed E-state index contributed by atoms with van der Waals surface area (Å²) in [6, 6.07) is 41.5. The fourth-order valence-electron chi connectivity index (χ4n) is 13.3. The Morgan fingerprint density at radius 1 is 0.500 bits per heavy atom. The van der Waals surface area contributed by atoms with Crippen LogP contribution in [0.2, 0.25) is 10.0 Å². The molecule has 26 nitrogen and oxygen atoms in total. The van der Waals surface area contributed by atoms with E-state index in [1.54, 1.807) is 60.3 Å². The van der Waals surface area contributed by atoms with Crippen molar-refractivity contribution in [2.75, 3.05) is 124 Å². The topological polar surface area (TPSA) is 307 Å². The highest BCUT2D eigenvalue weighted by atomic mass is 35.5. The van der Waals surface area contributed by atoms with Crippen LogP contribution in [0.1, 0.15) is 38.2 Å². The third-order valence-electron chi connectivity index (χ3n) is 19.1. The molecule has 9 heterocycles. The van der Waals surface area contributed by atoms with E-state index in [-0.39, 0.29) is 23.1 Å². The largest absolute Gasteiger partial charge is 0.490 e. The van der Waals surface area contributed by atoms with Gasteiger partial charge in [0.1, 0.15) is 17.7 Å². The summed E-state index contributed by atoms with van der Waals surface area (Å²) in [5.41, 5.74) is 9.80. The van der Waals surface area contributed by atoms with Crippen LogP contribution in [0.25, 0.3) is 54.5 Å².